The molecule has 0 atom stereocenters. The first-order chi connectivity index (χ1) is 8.15. The first-order valence-electron chi connectivity index (χ1n) is 6.00. The molecule has 0 amide bonds. The Bertz CT molecular complexity index is 519. The first kappa shape index (κ1) is 11.7. The van der Waals surface area contributed by atoms with Gasteiger partial charge in [-0.15, -0.1) is 0 Å². The number of pyridine rings is 1. The molecule has 1 aromatic rings. The lowest BCUT2D eigenvalue weighted by Gasteiger charge is -2.25. The average Bonchev–Trinajstić information content (AvgIpc) is 2.30. The van der Waals surface area contributed by atoms with Crippen LogP contribution in [-0.2, 0) is 0 Å². The summed E-state index contributed by atoms with van der Waals surface area (Å²) in [6.07, 6.45) is 5.14. The summed E-state index contributed by atoms with van der Waals surface area (Å²) in [4.78, 5) is 12.1. The molecule has 0 bridgehead atoms. The smallest absolute Gasteiger partial charge is 0.271 e. The van der Waals surface area contributed by atoms with E-state index in [-0.39, 0.29) is 23.0 Å². The third-order valence-electron chi connectivity index (χ3n) is 3.47. The highest BCUT2D eigenvalue weighted by atomic mass is 16.3. The molecule has 2 rings (SSSR count). The molecule has 0 radical (unpaired) electrons. The van der Waals surface area contributed by atoms with E-state index in [1.54, 1.807) is 6.92 Å². The molecule has 90 valence electrons. The maximum Gasteiger partial charge on any atom is 0.271 e. The van der Waals surface area contributed by atoms with Crippen LogP contribution in [0, 0.1) is 18.3 Å². The lowest BCUT2D eigenvalue weighted by atomic mass is 9.95. The van der Waals surface area contributed by atoms with Gasteiger partial charge in [-0.3, -0.25) is 9.36 Å². The van der Waals surface area contributed by atoms with E-state index in [0.717, 1.165) is 25.7 Å². The van der Waals surface area contributed by atoms with E-state index >= 15 is 0 Å². The summed E-state index contributed by atoms with van der Waals surface area (Å²) in [5, 5.41) is 18.9. The van der Waals surface area contributed by atoms with Crippen LogP contribution in [0.1, 0.15) is 49.3 Å². The van der Waals surface area contributed by atoms with Gasteiger partial charge in [0.2, 0.25) is 0 Å². The van der Waals surface area contributed by atoms with Crippen LogP contribution < -0.4 is 5.56 Å². The summed E-state index contributed by atoms with van der Waals surface area (Å²) >= 11 is 0. The molecule has 1 aromatic heterocycles. The Morgan fingerprint density at radius 3 is 2.65 bits per heavy atom. The molecule has 0 spiro atoms. The number of aromatic hydroxyl groups is 1. The standard InChI is InChI=1S/C13H16N2O2/c1-9-7-12(16)15(13(17)11(9)8-14)10-5-3-2-4-6-10/h7,10,16H,2-6H2,1H3. The van der Waals surface area contributed by atoms with E-state index < -0.39 is 0 Å². The Morgan fingerprint density at radius 1 is 1.41 bits per heavy atom. The monoisotopic (exact) mass is 232 g/mol. The van der Waals surface area contributed by atoms with Gasteiger partial charge >= 0.3 is 0 Å². The molecule has 1 saturated carbocycles. The molecule has 0 saturated heterocycles. The van der Waals surface area contributed by atoms with Crippen LogP contribution in [0.25, 0.3) is 0 Å². The minimum Gasteiger partial charge on any atom is -0.494 e. The molecule has 4 heteroatoms. The first-order valence-corrected chi connectivity index (χ1v) is 6.00. The fourth-order valence-corrected chi connectivity index (χ4v) is 2.56. The lowest BCUT2D eigenvalue weighted by Crippen LogP contribution is -2.28. The van der Waals surface area contributed by atoms with E-state index in [2.05, 4.69) is 0 Å². The zero-order valence-corrected chi connectivity index (χ0v) is 9.94. The quantitative estimate of drug-likeness (QED) is 0.807. The Hall–Kier alpha value is -1.76. The van der Waals surface area contributed by atoms with Gasteiger partial charge in [0, 0.05) is 12.1 Å². The van der Waals surface area contributed by atoms with Crippen molar-refractivity contribution in [3.63, 3.8) is 0 Å². The largest absolute Gasteiger partial charge is 0.494 e. The third-order valence-corrected chi connectivity index (χ3v) is 3.47. The van der Waals surface area contributed by atoms with Gasteiger partial charge in [-0.1, -0.05) is 19.3 Å². The van der Waals surface area contributed by atoms with Crippen molar-refractivity contribution in [2.24, 2.45) is 0 Å². The SMILES string of the molecule is Cc1cc(O)n(C2CCCCC2)c(=O)c1C#N. The van der Waals surface area contributed by atoms with E-state index in [0.29, 0.717) is 5.56 Å². The van der Waals surface area contributed by atoms with E-state index in [1.165, 1.54) is 17.1 Å². The molecule has 17 heavy (non-hydrogen) atoms. The van der Waals surface area contributed by atoms with Crippen LogP contribution in [0.3, 0.4) is 0 Å². The average molecular weight is 232 g/mol. The summed E-state index contributed by atoms with van der Waals surface area (Å²) in [5.74, 6) is -0.0154. The normalized spacial score (nSPS) is 16.7. The molecule has 0 aliphatic heterocycles. The molecule has 1 aliphatic carbocycles. The highest BCUT2D eigenvalue weighted by Gasteiger charge is 2.21. The molecule has 1 fully saturated rings. The predicted octanol–water partition coefficient (Wildman–Crippen LogP) is 2.24. The Kier molecular flexibility index (Phi) is 3.19. The summed E-state index contributed by atoms with van der Waals surface area (Å²) < 4.78 is 1.39. The van der Waals surface area contributed by atoms with Crippen LogP contribution in [0.2, 0.25) is 0 Å². The fraction of sp³-hybridized carbons (Fsp3) is 0.538. The number of aryl methyl sites for hydroxylation is 1. The van der Waals surface area contributed by atoms with Crippen molar-refractivity contribution in [1.82, 2.24) is 4.57 Å². The van der Waals surface area contributed by atoms with Gasteiger partial charge in [-0.05, 0) is 25.3 Å². The highest BCUT2D eigenvalue weighted by molar-refractivity contribution is 5.38. The predicted molar refractivity (Wildman–Crippen MR) is 63.9 cm³/mol. The molecule has 1 heterocycles. The van der Waals surface area contributed by atoms with Gasteiger partial charge in [0.1, 0.15) is 11.6 Å². The van der Waals surface area contributed by atoms with Crippen molar-refractivity contribution in [1.29, 1.82) is 5.26 Å². The van der Waals surface area contributed by atoms with Crippen LogP contribution in [0.15, 0.2) is 10.9 Å². The number of nitrogens with zero attached hydrogens (tertiary/aromatic N) is 2. The Labute approximate surface area is 100 Å². The van der Waals surface area contributed by atoms with Gasteiger partial charge in [0.15, 0.2) is 5.88 Å². The lowest BCUT2D eigenvalue weighted by molar-refractivity contribution is 0.303. The van der Waals surface area contributed by atoms with Crippen molar-refractivity contribution in [3.05, 3.63) is 27.5 Å². The van der Waals surface area contributed by atoms with Crippen molar-refractivity contribution < 1.29 is 5.11 Å². The number of aromatic nitrogens is 1. The maximum absolute atomic E-state index is 12.1. The molecular weight excluding hydrogens is 216 g/mol. The van der Waals surface area contributed by atoms with Crippen LogP contribution >= 0.6 is 0 Å². The van der Waals surface area contributed by atoms with E-state index in [4.69, 9.17) is 5.26 Å². The summed E-state index contributed by atoms with van der Waals surface area (Å²) in [6.45, 7) is 1.67. The molecule has 1 N–H and O–H groups in total. The number of rotatable bonds is 1. The van der Waals surface area contributed by atoms with Crippen molar-refractivity contribution in [2.75, 3.05) is 0 Å². The zero-order chi connectivity index (χ0) is 12.4. The Morgan fingerprint density at radius 2 is 2.06 bits per heavy atom. The zero-order valence-electron chi connectivity index (χ0n) is 9.94. The van der Waals surface area contributed by atoms with Crippen molar-refractivity contribution >= 4 is 0 Å². The molecule has 4 nitrogen and oxygen atoms in total. The minimum atomic E-state index is -0.350. The van der Waals surface area contributed by atoms with Crippen LogP contribution in [0.5, 0.6) is 5.88 Å². The molecular formula is C13H16N2O2. The second-order valence-electron chi connectivity index (χ2n) is 4.64. The second kappa shape index (κ2) is 4.62. The van der Waals surface area contributed by atoms with Crippen molar-refractivity contribution in [2.45, 2.75) is 45.1 Å². The van der Waals surface area contributed by atoms with Gasteiger partial charge in [-0.2, -0.15) is 5.26 Å². The summed E-state index contributed by atoms with van der Waals surface area (Å²) in [5.41, 5.74) is 0.340. The fourth-order valence-electron chi connectivity index (χ4n) is 2.56. The van der Waals surface area contributed by atoms with Gasteiger partial charge in [0.05, 0.1) is 0 Å². The number of nitriles is 1. The van der Waals surface area contributed by atoms with Crippen molar-refractivity contribution in [3.8, 4) is 11.9 Å². The summed E-state index contributed by atoms with van der Waals surface area (Å²) in [6, 6.07) is 3.48. The van der Waals surface area contributed by atoms with Gasteiger partial charge < -0.3 is 5.11 Å². The van der Waals surface area contributed by atoms with E-state index in [1.807, 2.05) is 6.07 Å². The maximum atomic E-state index is 12.1. The van der Waals surface area contributed by atoms with Crippen LogP contribution in [-0.4, -0.2) is 9.67 Å². The topological polar surface area (TPSA) is 66.0 Å². The van der Waals surface area contributed by atoms with E-state index in [9.17, 15) is 9.90 Å². The molecule has 0 unspecified atom stereocenters. The molecule has 0 aromatic carbocycles. The van der Waals surface area contributed by atoms with Gasteiger partial charge in [-0.25, -0.2) is 0 Å². The highest BCUT2D eigenvalue weighted by Crippen LogP contribution is 2.30. The minimum absolute atomic E-state index is 0.0154. The molecule has 1 aliphatic rings. The third kappa shape index (κ3) is 2.05. The number of hydrogen-bond donors (Lipinski definition) is 1. The van der Waals surface area contributed by atoms with Gasteiger partial charge in [0.25, 0.3) is 5.56 Å². The second-order valence-corrected chi connectivity index (χ2v) is 4.64. The Balaban J connectivity index is 2.53. The number of hydrogen-bond acceptors (Lipinski definition) is 3. The van der Waals surface area contributed by atoms with Crippen LogP contribution in [0.4, 0.5) is 0 Å². The summed E-state index contributed by atoms with van der Waals surface area (Å²) in [7, 11) is 0.